The summed E-state index contributed by atoms with van der Waals surface area (Å²) in [4.78, 5) is 2.49. The highest BCUT2D eigenvalue weighted by molar-refractivity contribution is 7.99. The molecule has 2 fully saturated rings. The molecule has 2 aliphatic rings. The number of rotatable bonds is 2. The molecule has 3 N–H and O–H groups in total. The molecule has 0 aromatic carbocycles. The first-order chi connectivity index (χ1) is 6.81. The molecule has 0 amide bonds. The van der Waals surface area contributed by atoms with Crippen molar-refractivity contribution in [3.05, 3.63) is 0 Å². The van der Waals surface area contributed by atoms with Crippen molar-refractivity contribution in [2.75, 3.05) is 24.6 Å². The Kier molecular flexibility index (Phi) is 3.18. The molecule has 2 saturated heterocycles. The minimum absolute atomic E-state index is 0.269. The van der Waals surface area contributed by atoms with Crippen LogP contribution in [0.4, 0.5) is 0 Å². The minimum Gasteiger partial charge on any atom is -0.409 e. The Labute approximate surface area is 88.5 Å². The van der Waals surface area contributed by atoms with Gasteiger partial charge in [-0.25, -0.2) is 0 Å². The van der Waals surface area contributed by atoms with E-state index in [0.717, 1.165) is 25.6 Å². The van der Waals surface area contributed by atoms with E-state index in [0.29, 0.717) is 5.84 Å². The molecule has 0 aromatic heterocycles. The molecule has 0 saturated carbocycles. The van der Waals surface area contributed by atoms with Gasteiger partial charge >= 0.3 is 0 Å². The Morgan fingerprint density at radius 2 is 2.36 bits per heavy atom. The summed E-state index contributed by atoms with van der Waals surface area (Å²) in [7, 11) is 0. The molecular weight excluding hydrogens is 198 g/mol. The van der Waals surface area contributed by atoms with Crippen LogP contribution in [0.5, 0.6) is 0 Å². The third-order valence-corrected chi connectivity index (χ3v) is 4.32. The van der Waals surface area contributed by atoms with Crippen LogP contribution in [0.2, 0.25) is 0 Å². The number of nitrogens with zero attached hydrogens (tertiary/aromatic N) is 2. The van der Waals surface area contributed by atoms with Crippen LogP contribution in [0.25, 0.3) is 0 Å². The van der Waals surface area contributed by atoms with Gasteiger partial charge in [-0.05, 0) is 25.1 Å². The summed E-state index contributed by atoms with van der Waals surface area (Å²) in [5.41, 5.74) is 5.61. The molecule has 5 heteroatoms. The third kappa shape index (κ3) is 1.98. The molecule has 2 unspecified atom stereocenters. The fourth-order valence-electron chi connectivity index (χ4n) is 2.25. The number of likely N-dealkylation sites (tertiary alicyclic amines) is 1. The highest BCUT2D eigenvalue weighted by Gasteiger charge is 2.31. The van der Waals surface area contributed by atoms with Crippen molar-refractivity contribution >= 4 is 17.6 Å². The van der Waals surface area contributed by atoms with Gasteiger partial charge in [-0.15, -0.1) is 0 Å². The molecular formula is C9H17N3OS. The first-order valence-electron chi connectivity index (χ1n) is 5.10. The number of hydrogen-bond donors (Lipinski definition) is 2. The molecule has 14 heavy (non-hydrogen) atoms. The van der Waals surface area contributed by atoms with Crippen LogP contribution in [-0.2, 0) is 0 Å². The lowest BCUT2D eigenvalue weighted by atomic mass is 10.1. The van der Waals surface area contributed by atoms with Crippen LogP contribution >= 0.6 is 11.8 Å². The fraction of sp³-hybridized carbons (Fsp3) is 0.889. The Bertz CT molecular complexity index is 228. The zero-order valence-electron chi connectivity index (χ0n) is 8.22. The van der Waals surface area contributed by atoms with E-state index in [9.17, 15) is 0 Å². The zero-order chi connectivity index (χ0) is 9.97. The second-order valence-electron chi connectivity index (χ2n) is 4.02. The van der Waals surface area contributed by atoms with E-state index in [1.54, 1.807) is 0 Å². The molecule has 2 aliphatic heterocycles. The van der Waals surface area contributed by atoms with E-state index in [-0.39, 0.29) is 5.92 Å². The highest BCUT2D eigenvalue weighted by Crippen LogP contribution is 2.27. The molecule has 0 radical (unpaired) electrons. The molecule has 2 atom stereocenters. The standard InChI is InChI=1S/C9H17N3OS/c10-9(11-13)7-1-3-12(5-7)8-2-4-14-6-8/h7-8,13H,1-6H2,(H2,10,11). The maximum Gasteiger partial charge on any atom is 0.143 e. The molecule has 80 valence electrons. The molecule has 0 aliphatic carbocycles. The van der Waals surface area contributed by atoms with Crippen molar-refractivity contribution in [2.24, 2.45) is 16.8 Å². The van der Waals surface area contributed by atoms with Gasteiger partial charge in [0.25, 0.3) is 0 Å². The Morgan fingerprint density at radius 1 is 1.50 bits per heavy atom. The maximum atomic E-state index is 8.59. The molecule has 0 spiro atoms. The summed E-state index contributed by atoms with van der Waals surface area (Å²) in [6.45, 7) is 2.08. The SMILES string of the molecule is N/C(=N\O)C1CCN(C2CCSC2)C1. The lowest BCUT2D eigenvalue weighted by molar-refractivity contribution is 0.259. The first kappa shape index (κ1) is 10.1. The Morgan fingerprint density at radius 3 is 3.00 bits per heavy atom. The third-order valence-electron chi connectivity index (χ3n) is 3.18. The summed E-state index contributed by atoms with van der Waals surface area (Å²) in [6, 6.07) is 0.733. The van der Waals surface area contributed by atoms with E-state index in [1.807, 2.05) is 11.8 Å². The number of thioether (sulfide) groups is 1. The Balaban J connectivity index is 1.87. The van der Waals surface area contributed by atoms with Gasteiger partial charge < -0.3 is 10.9 Å². The molecule has 0 bridgehead atoms. The largest absolute Gasteiger partial charge is 0.409 e. The van der Waals surface area contributed by atoms with Crippen LogP contribution in [0.1, 0.15) is 12.8 Å². The van der Waals surface area contributed by atoms with Gasteiger partial charge in [-0.3, -0.25) is 4.90 Å². The predicted molar refractivity (Wildman–Crippen MR) is 58.8 cm³/mol. The normalized spacial score (nSPS) is 35.3. The second-order valence-corrected chi connectivity index (χ2v) is 5.17. The number of amidine groups is 1. The van der Waals surface area contributed by atoms with E-state index in [4.69, 9.17) is 10.9 Å². The van der Waals surface area contributed by atoms with Crippen molar-refractivity contribution in [3.8, 4) is 0 Å². The molecule has 2 rings (SSSR count). The number of nitrogens with two attached hydrogens (primary N) is 1. The van der Waals surface area contributed by atoms with E-state index in [1.165, 1.54) is 17.9 Å². The van der Waals surface area contributed by atoms with E-state index < -0.39 is 0 Å². The van der Waals surface area contributed by atoms with E-state index in [2.05, 4.69) is 10.1 Å². The van der Waals surface area contributed by atoms with Gasteiger partial charge in [0.15, 0.2) is 0 Å². The topological polar surface area (TPSA) is 61.9 Å². The van der Waals surface area contributed by atoms with Crippen LogP contribution < -0.4 is 5.73 Å². The summed E-state index contributed by atoms with van der Waals surface area (Å²) in [5, 5.41) is 11.7. The average Bonchev–Trinajstić information content (AvgIpc) is 2.86. The molecule has 4 nitrogen and oxygen atoms in total. The zero-order valence-corrected chi connectivity index (χ0v) is 9.04. The van der Waals surface area contributed by atoms with Crippen LogP contribution in [0.15, 0.2) is 5.16 Å². The molecule has 0 aromatic rings. The van der Waals surface area contributed by atoms with Crippen LogP contribution in [0.3, 0.4) is 0 Å². The van der Waals surface area contributed by atoms with Crippen LogP contribution in [0, 0.1) is 5.92 Å². The second kappa shape index (κ2) is 4.40. The van der Waals surface area contributed by atoms with Gasteiger partial charge in [0.05, 0.1) is 0 Å². The monoisotopic (exact) mass is 215 g/mol. The Hall–Kier alpha value is -0.420. The predicted octanol–water partition coefficient (Wildman–Crippen LogP) is 0.560. The quantitative estimate of drug-likeness (QED) is 0.306. The number of hydrogen-bond acceptors (Lipinski definition) is 4. The summed E-state index contributed by atoms with van der Waals surface area (Å²) < 4.78 is 0. The van der Waals surface area contributed by atoms with Gasteiger partial charge in [0.1, 0.15) is 5.84 Å². The van der Waals surface area contributed by atoms with Gasteiger partial charge in [0.2, 0.25) is 0 Å². The van der Waals surface area contributed by atoms with Gasteiger partial charge in [-0.2, -0.15) is 11.8 Å². The van der Waals surface area contributed by atoms with Crippen LogP contribution in [-0.4, -0.2) is 46.6 Å². The van der Waals surface area contributed by atoms with Crippen molar-refractivity contribution in [3.63, 3.8) is 0 Å². The van der Waals surface area contributed by atoms with Crippen molar-refractivity contribution in [1.82, 2.24) is 4.90 Å². The average molecular weight is 215 g/mol. The molecule has 2 heterocycles. The van der Waals surface area contributed by atoms with Crippen molar-refractivity contribution < 1.29 is 5.21 Å². The van der Waals surface area contributed by atoms with Crippen molar-refractivity contribution in [1.29, 1.82) is 0 Å². The number of oxime groups is 1. The maximum absolute atomic E-state index is 8.59. The smallest absolute Gasteiger partial charge is 0.143 e. The summed E-state index contributed by atoms with van der Waals surface area (Å²) in [6.07, 6.45) is 2.34. The lowest BCUT2D eigenvalue weighted by Gasteiger charge is -2.22. The lowest BCUT2D eigenvalue weighted by Crippen LogP contribution is -2.35. The fourth-order valence-corrected chi connectivity index (χ4v) is 3.51. The summed E-state index contributed by atoms with van der Waals surface area (Å²) >= 11 is 2.03. The van der Waals surface area contributed by atoms with E-state index >= 15 is 0 Å². The van der Waals surface area contributed by atoms with Crippen molar-refractivity contribution in [2.45, 2.75) is 18.9 Å². The van der Waals surface area contributed by atoms with Gasteiger partial charge in [0, 0.05) is 24.3 Å². The summed E-state index contributed by atoms with van der Waals surface area (Å²) in [5.74, 6) is 3.21. The first-order valence-corrected chi connectivity index (χ1v) is 6.26. The highest BCUT2D eigenvalue weighted by atomic mass is 32.2. The van der Waals surface area contributed by atoms with Gasteiger partial charge in [-0.1, -0.05) is 5.16 Å². The minimum atomic E-state index is 0.269.